The first kappa shape index (κ1) is 31.6. The lowest BCUT2D eigenvalue weighted by Gasteiger charge is -2.28. The van der Waals surface area contributed by atoms with Crippen LogP contribution >= 0.6 is 0 Å². The fourth-order valence-corrected chi connectivity index (χ4v) is 7.83. The predicted molar refractivity (Wildman–Crippen MR) is 228 cm³/mol. The van der Waals surface area contributed by atoms with Crippen LogP contribution in [0.15, 0.2) is 217 Å². The summed E-state index contributed by atoms with van der Waals surface area (Å²) in [5.74, 6) is 0. The molecule has 54 heavy (non-hydrogen) atoms. The van der Waals surface area contributed by atoms with Crippen molar-refractivity contribution in [3.63, 3.8) is 0 Å². The highest BCUT2D eigenvalue weighted by atomic mass is 16.3. The van der Waals surface area contributed by atoms with Gasteiger partial charge in [0.2, 0.25) is 0 Å². The van der Waals surface area contributed by atoms with Gasteiger partial charge >= 0.3 is 0 Å². The van der Waals surface area contributed by atoms with Gasteiger partial charge in [-0.25, -0.2) is 0 Å². The van der Waals surface area contributed by atoms with Gasteiger partial charge in [-0.1, -0.05) is 158 Å². The van der Waals surface area contributed by atoms with E-state index in [1.807, 2.05) is 12.1 Å². The largest absolute Gasteiger partial charge is 0.456 e. The number of rotatable bonds is 7. The molecule has 2 nitrogen and oxygen atoms in total. The summed E-state index contributed by atoms with van der Waals surface area (Å²) in [6.07, 6.45) is 0. The van der Waals surface area contributed by atoms with Crippen LogP contribution in [0.3, 0.4) is 0 Å². The third-order valence-electron chi connectivity index (χ3n) is 10.5. The molecule has 0 amide bonds. The first-order valence-electron chi connectivity index (χ1n) is 18.4. The Kier molecular flexibility index (Phi) is 7.85. The maximum atomic E-state index is 6.30. The fourth-order valence-electron chi connectivity index (χ4n) is 7.83. The molecule has 9 aromatic carbocycles. The van der Waals surface area contributed by atoms with Crippen LogP contribution in [0, 0.1) is 0 Å². The molecule has 0 fully saturated rings. The zero-order chi connectivity index (χ0) is 35.8. The lowest BCUT2D eigenvalue weighted by atomic mass is 9.94. The highest BCUT2D eigenvalue weighted by molar-refractivity contribution is 6.06. The van der Waals surface area contributed by atoms with Crippen LogP contribution in [0.2, 0.25) is 0 Å². The number of hydrogen-bond donors (Lipinski definition) is 0. The van der Waals surface area contributed by atoms with Gasteiger partial charge < -0.3 is 9.32 Å². The SMILES string of the molecule is c1ccc(-c2ccc(N(c3cccc(-c4ccc5c(c4)oc4ccccc45)c3)c3ccccc3-c3cccc(-c4cccc5ccccc45)c3)cc2)cc1. The Morgan fingerprint density at radius 1 is 0.296 bits per heavy atom. The third-order valence-corrected chi connectivity index (χ3v) is 10.5. The van der Waals surface area contributed by atoms with Crippen molar-refractivity contribution < 1.29 is 4.42 Å². The summed E-state index contributed by atoms with van der Waals surface area (Å²) in [6.45, 7) is 0. The van der Waals surface area contributed by atoms with E-state index in [2.05, 4.69) is 205 Å². The second kappa shape index (κ2) is 13.4. The molecule has 2 heteroatoms. The average molecular weight is 690 g/mol. The number of furan rings is 1. The monoisotopic (exact) mass is 689 g/mol. The van der Waals surface area contributed by atoms with Crippen molar-refractivity contribution in [1.29, 1.82) is 0 Å². The number of para-hydroxylation sites is 2. The van der Waals surface area contributed by atoms with E-state index in [1.54, 1.807) is 0 Å². The van der Waals surface area contributed by atoms with Crippen LogP contribution in [0.5, 0.6) is 0 Å². The summed E-state index contributed by atoms with van der Waals surface area (Å²) >= 11 is 0. The van der Waals surface area contributed by atoms with Crippen LogP contribution in [0.25, 0.3) is 77.2 Å². The minimum atomic E-state index is 0.892. The zero-order valence-corrected chi connectivity index (χ0v) is 29.6. The van der Waals surface area contributed by atoms with Crippen LogP contribution in [0.1, 0.15) is 0 Å². The lowest BCUT2D eigenvalue weighted by Crippen LogP contribution is -2.11. The third kappa shape index (κ3) is 5.71. The Morgan fingerprint density at radius 3 is 1.76 bits per heavy atom. The van der Waals surface area contributed by atoms with E-state index in [9.17, 15) is 0 Å². The number of hydrogen-bond acceptors (Lipinski definition) is 2. The van der Waals surface area contributed by atoms with Crippen molar-refractivity contribution in [2.45, 2.75) is 0 Å². The van der Waals surface area contributed by atoms with E-state index in [-0.39, 0.29) is 0 Å². The molecule has 0 aliphatic heterocycles. The standard InChI is InChI=1S/C52H35NO/c1-2-13-36(14-3-1)37-27-30-43(31-28-37)53(44-20-11-17-39(34-44)40-29-32-49-48-23-7-9-26-51(48)54-52(49)35-40)50-25-8-6-22-47(50)42-19-10-18-41(33-42)46-24-12-16-38-15-4-5-21-45(38)46/h1-35H. The summed E-state index contributed by atoms with van der Waals surface area (Å²) < 4.78 is 6.30. The highest BCUT2D eigenvalue weighted by Crippen LogP contribution is 2.43. The molecule has 0 aliphatic carbocycles. The summed E-state index contributed by atoms with van der Waals surface area (Å²) in [4.78, 5) is 2.39. The fraction of sp³-hybridized carbons (Fsp3) is 0. The first-order valence-corrected chi connectivity index (χ1v) is 18.4. The van der Waals surface area contributed by atoms with Gasteiger partial charge in [-0.15, -0.1) is 0 Å². The van der Waals surface area contributed by atoms with Crippen molar-refractivity contribution in [3.8, 4) is 44.5 Å². The topological polar surface area (TPSA) is 16.4 Å². The van der Waals surface area contributed by atoms with Crippen molar-refractivity contribution in [3.05, 3.63) is 212 Å². The molecule has 0 spiro atoms. The Bertz CT molecular complexity index is 2930. The van der Waals surface area contributed by atoms with E-state index in [0.29, 0.717) is 0 Å². The summed E-state index contributed by atoms with van der Waals surface area (Å²) in [5, 5.41) is 4.76. The molecule has 10 rings (SSSR count). The molecule has 254 valence electrons. The van der Waals surface area contributed by atoms with Crippen LogP contribution < -0.4 is 4.90 Å². The lowest BCUT2D eigenvalue weighted by molar-refractivity contribution is 0.669. The molecule has 0 atom stereocenters. The van der Waals surface area contributed by atoms with Crippen molar-refractivity contribution in [2.75, 3.05) is 4.90 Å². The molecule has 0 saturated carbocycles. The molecule has 0 N–H and O–H groups in total. The molecule has 1 aromatic heterocycles. The minimum absolute atomic E-state index is 0.892. The predicted octanol–water partition coefficient (Wildman–Crippen LogP) is 14.9. The molecule has 0 saturated heterocycles. The first-order chi connectivity index (χ1) is 26.8. The minimum Gasteiger partial charge on any atom is -0.456 e. The maximum absolute atomic E-state index is 6.30. The van der Waals surface area contributed by atoms with Crippen LogP contribution in [0.4, 0.5) is 17.1 Å². The molecule has 0 unspecified atom stereocenters. The maximum Gasteiger partial charge on any atom is 0.136 e. The number of anilines is 3. The van der Waals surface area contributed by atoms with E-state index >= 15 is 0 Å². The van der Waals surface area contributed by atoms with E-state index in [0.717, 1.165) is 61.3 Å². The summed E-state index contributed by atoms with van der Waals surface area (Å²) in [7, 11) is 0. The van der Waals surface area contributed by atoms with Crippen molar-refractivity contribution in [1.82, 2.24) is 0 Å². The summed E-state index contributed by atoms with van der Waals surface area (Å²) in [5.41, 5.74) is 14.4. The van der Waals surface area contributed by atoms with Gasteiger partial charge in [0.05, 0.1) is 5.69 Å². The molecular weight excluding hydrogens is 655 g/mol. The van der Waals surface area contributed by atoms with Crippen molar-refractivity contribution in [2.24, 2.45) is 0 Å². The van der Waals surface area contributed by atoms with E-state index in [4.69, 9.17) is 4.42 Å². The molecule has 0 radical (unpaired) electrons. The van der Waals surface area contributed by atoms with Crippen LogP contribution in [-0.2, 0) is 0 Å². The number of nitrogens with zero attached hydrogens (tertiary/aromatic N) is 1. The van der Waals surface area contributed by atoms with Gasteiger partial charge in [-0.2, -0.15) is 0 Å². The van der Waals surface area contributed by atoms with Crippen molar-refractivity contribution >= 4 is 49.8 Å². The molecule has 0 bridgehead atoms. The zero-order valence-electron chi connectivity index (χ0n) is 29.6. The van der Waals surface area contributed by atoms with Gasteiger partial charge in [0.1, 0.15) is 11.2 Å². The van der Waals surface area contributed by atoms with Gasteiger partial charge in [0, 0.05) is 27.7 Å². The number of benzene rings is 9. The van der Waals surface area contributed by atoms with E-state index in [1.165, 1.54) is 33.0 Å². The average Bonchev–Trinajstić information content (AvgIpc) is 3.63. The van der Waals surface area contributed by atoms with Gasteiger partial charge in [-0.05, 0) is 104 Å². The second-order valence-electron chi connectivity index (χ2n) is 13.7. The Balaban J connectivity index is 1.11. The Labute approximate surface area is 314 Å². The Morgan fingerprint density at radius 2 is 0.870 bits per heavy atom. The van der Waals surface area contributed by atoms with Gasteiger partial charge in [-0.3, -0.25) is 0 Å². The second-order valence-corrected chi connectivity index (χ2v) is 13.7. The quantitative estimate of drug-likeness (QED) is 0.166. The van der Waals surface area contributed by atoms with E-state index < -0.39 is 0 Å². The summed E-state index contributed by atoms with van der Waals surface area (Å²) in [6, 6.07) is 76.0. The molecule has 0 aliphatic rings. The van der Waals surface area contributed by atoms with Gasteiger partial charge in [0.25, 0.3) is 0 Å². The smallest absolute Gasteiger partial charge is 0.136 e. The van der Waals surface area contributed by atoms with Gasteiger partial charge in [0.15, 0.2) is 0 Å². The number of fused-ring (bicyclic) bond motifs is 4. The molecular formula is C52H35NO. The Hall–Kier alpha value is -7.16. The normalized spacial score (nSPS) is 11.3. The van der Waals surface area contributed by atoms with Crippen LogP contribution in [-0.4, -0.2) is 0 Å². The molecule has 10 aromatic rings. The highest BCUT2D eigenvalue weighted by Gasteiger charge is 2.19. The molecule has 1 heterocycles.